The summed E-state index contributed by atoms with van der Waals surface area (Å²) in [5.74, 6) is -4.69. The molecule has 0 aromatic heterocycles. The summed E-state index contributed by atoms with van der Waals surface area (Å²) in [6.07, 6.45) is -9.12. The maximum absolute atomic E-state index is 12.5. The average Bonchev–Trinajstić information content (AvgIpc) is 3.22. The van der Waals surface area contributed by atoms with Gasteiger partial charge in [-0.05, 0) is 17.7 Å². The minimum atomic E-state index is -1.63. The van der Waals surface area contributed by atoms with Gasteiger partial charge < -0.3 is 33.2 Å². The second-order valence-electron chi connectivity index (χ2n) is 8.64. The Morgan fingerprint density at radius 3 is 1.90 bits per heavy atom. The number of ether oxygens (including phenoxy) is 7. The standard InChI is InChI=1S/C25H27NO15/c1-12(27)36-19-20(37-13(2)28)22(38-14(3)29)24(40-21(19)23(32)34-4)39-16-7-5-15(6-8-16)11-35-25(33)41-26-17(30)9-10-18(26)31/h5-8,19-22,24H,9-11H2,1-4H3/t19-,20-,21-,22+,24+/m0/s1. The van der Waals surface area contributed by atoms with Crippen molar-refractivity contribution in [3.05, 3.63) is 29.8 Å². The molecule has 0 spiro atoms. The van der Waals surface area contributed by atoms with E-state index in [1.165, 1.54) is 24.3 Å². The van der Waals surface area contributed by atoms with E-state index in [1.807, 2.05) is 0 Å². The topological polar surface area (TPSA) is 197 Å². The third kappa shape index (κ3) is 8.14. The normalized spacial score (nSPS) is 23.7. The van der Waals surface area contributed by atoms with Crippen molar-refractivity contribution < 1.29 is 71.6 Å². The lowest BCUT2D eigenvalue weighted by Gasteiger charge is -2.43. The molecule has 41 heavy (non-hydrogen) atoms. The molecule has 16 nitrogen and oxygen atoms in total. The Hall–Kier alpha value is -4.73. The summed E-state index contributed by atoms with van der Waals surface area (Å²) in [5, 5.41) is 0.347. The minimum absolute atomic E-state index is 0.0665. The predicted molar refractivity (Wildman–Crippen MR) is 127 cm³/mol. The fourth-order valence-electron chi connectivity index (χ4n) is 3.87. The van der Waals surface area contributed by atoms with E-state index in [4.69, 9.17) is 33.2 Å². The van der Waals surface area contributed by atoms with Gasteiger partial charge in [0.25, 0.3) is 11.8 Å². The number of hydrogen-bond acceptors (Lipinski definition) is 15. The van der Waals surface area contributed by atoms with Gasteiger partial charge in [0.1, 0.15) is 12.4 Å². The monoisotopic (exact) mass is 581 g/mol. The van der Waals surface area contributed by atoms with Gasteiger partial charge in [0.2, 0.25) is 12.4 Å². The lowest BCUT2D eigenvalue weighted by atomic mass is 9.97. The van der Waals surface area contributed by atoms with Gasteiger partial charge in [-0.3, -0.25) is 28.8 Å². The number of carbonyl (C=O) groups excluding carboxylic acids is 7. The van der Waals surface area contributed by atoms with Crippen molar-refractivity contribution in [2.75, 3.05) is 7.11 Å². The molecule has 0 N–H and O–H groups in total. The van der Waals surface area contributed by atoms with Crippen LogP contribution >= 0.6 is 0 Å². The zero-order valence-corrected chi connectivity index (χ0v) is 22.4. The third-order valence-electron chi connectivity index (χ3n) is 5.54. The molecule has 1 aromatic rings. The Morgan fingerprint density at radius 1 is 0.829 bits per heavy atom. The van der Waals surface area contributed by atoms with Crippen LogP contribution in [0, 0.1) is 0 Å². The molecule has 2 heterocycles. The molecule has 2 aliphatic heterocycles. The van der Waals surface area contributed by atoms with Gasteiger partial charge in [-0.15, -0.1) is 0 Å². The Labute approximate surface area is 232 Å². The second kappa shape index (κ2) is 13.6. The minimum Gasteiger partial charge on any atom is -0.467 e. The first kappa shape index (κ1) is 30.8. The number of methoxy groups -OCH3 is 1. The Kier molecular flexibility index (Phi) is 10.2. The summed E-state index contributed by atoms with van der Waals surface area (Å²) >= 11 is 0. The zero-order valence-electron chi connectivity index (χ0n) is 22.4. The van der Waals surface area contributed by atoms with Crippen molar-refractivity contribution >= 4 is 41.8 Å². The van der Waals surface area contributed by atoms with Crippen molar-refractivity contribution in [2.45, 2.75) is 70.9 Å². The van der Waals surface area contributed by atoms with Gasteiger partial charge in [0.05, 0.1) is 7.11 Å². The van der Waals surface area contributed by atoms with Gasteiger partial charge in [0, 0.05) is 33.6 Å². The molecule has 2 fully saturated rings. The molecule has 2 amide bonds. The van der Waals surface area contributed by atoms with E-state index in [0.717, 1.165) is 27.9 Å². The Morgan fingerprint density at radius 2 is 1.37 bits per heavy atom. The maximum atomic E-state index is 12.5. The number of imide groups is 1. The van der Waals surface area contributed by atoms with Crippen molar-refractivity contribution in [3.63, 3.8) is 0 Å². The molecular formula is C25H27NO15. The lowest BCUT2D eigenvalue weighted by molar-refractivity contribution is -0.282. The molecule has 0 saturated carbocycles. The van der Waals surface area contributed by atoms with Crippen LogP contribution in [-0.2, 0) is 68.6 Å². The van der Waals surface area contributed by atoms with Crippen LogP contribution in [0.25, 0.3) is 0 Å². The number of esters is 4. The van der Waals surface area contributed by atoms with Gasteiger partial charge in [-0.25, -0.2) is 9.59 Å². The van der Waals surface area contributed by atoms with Crippen LogP contribution in [0.3, 0.4) is 0 Å². The van der Waals surface area contributed by atoms with Crippen LogP contribution in [0.4, 0.5) is 4.79 Å². The molecular weight excluding hydrogens is 554 g/mol. The summed E-state index contributed by atoms with van der Waals surface area (Å²) in [4.78, 5) is 87.6. The lowest BCUT2D eigenvalue weighted by Crippen LogP contribution is -2.64. The van der Waals surface area contributed by atoms with E-state index in [-0.39, 0.29) is 25.2 Å². The van der Waals surface area contributed by atoms with Crippen LogP contribution < -0.4 is 4.74 Å². The van der Waals surface area contributed by atoms with E-state index >= 15 is 0 Å². The predicted octanol–water partition coefficient (Wildman–Crippen LogP) is 0.476. The number of hydrogen-bond donors (Lipinski definition) is 0. The number of rotatable bonds is 9. The van der Waals surface area contributed by atoms with E-state index in [9.17, 15) is 33.6 Å². The van der Waals surface area contributed by atoms with Gasteiger partial charge in [-0.1, -0.05) is 17.2 Å². The first-order valence-corrected chi connectivity index (χ1v) is 12.1. The second-order valence-corrected chi connectivity index (χ2v) is 8.64. The molecule has 1 aromatic carbocycles. The molecule has 0 bridgehead atoms. The largest absolute Gasteiger partial charge is 0.534 e. The van der Waals surface area contributed by atoms with E-state index in [1.54, 1.807) is 0 Å². The van der Waals surface area contributed by atoms with Gasteiger partial charge in [-0.2, -0.15) is 0 Å². The highest BCUT2D eigenvalue weighted by Crippen LogP contribution is 2.31. The van der Waals surface area contributed by atoms with E-state index < -0.39 is 72.6 Å². The van der Waals surface area contributed by atoms with E-state index in [0.29, 0.717) is 10.6 Å². The van der Waals surface area contributed by atoms with Crippen LogP contribution in [0.5, 0.6) is 5.75 Å². The number of nitrogens with zero attached hydrogens (tertiary/aromatic N) is 1. The highest BCUT2D eigenvalue weighted by Gasteiger charge is 2.55. The molecule has 0 aliphatic carbocycles. The van der Waals surface area contributed by atoms with E-state index in [2.05, 4.69) is 4.84 Å². The van der Waals surface area contributed by atoms with Crippen LogP contribution in [-0.4, -0.2) is 84.7 Å². The highest BCUT2D eigenvalue weighted by molar-refractivity contribution is 6.01. The molecule has 5 atom stereocenters. The highest BCUT2D eigenvalue weighted by atomic mass is 16.8. The number of carbonyl (C=O) groups is 7. The first-order chi connectivity index (χ1) is 19.4. The van der Waals surface area contributed by atoms with Crippen LogP contribution in [0.2, 0.25) is 0 Å². The van der Waals surface area contributed by atoms with Gasteiger partial charge in [0.15, 0.2) is 18.3 Å². The Bertz CT molecular complexity index is 1180. The quantitative estimate of drug-likeness (QED) is 0.221. The fourth-order valence-corrected chi connectivity index (χ4v) is 3.87. The van der Waals surface area contributed by atoms with Gasteiger partial charge >= 0.3 is 30.0 Å². The third-order valence-corrected chi connectivity index (χ3v) is 5.54. The SMILES string of the molecule is COC(=O)[C@H]1O[C@@H](Oc2ccc(COC(=O)ON3C(=O)CCC3=O)cc2)[C@H](OC(C)=O)[C@@H](OC(C)=O)[C@@H]1OC(C)=O. The number of benzene rings is 1. The molecule has 2 saturated heterocycles. The van der Waals surface area contributed by atoms with Crippen molar-refractivity contribution in [2.24, 2.45) is 0 Å². The number of amides is 2. The first-order valence-electron chi connectivity index (χ1n) is 12.1. The Balaban J connectivity index is 1.75. The van der Waals surface area contributed by atoms with Crippen molar-refractivity contribution in [3.8, 4) is 5.75 Å². The fraction of sp³-hybridized carbons (Fsp3) is 0.480. The summed E-state index contributed by atoms with van der Waals surface area (Å²) in [6.45, 7) is 2.89. The smallest absolute Gasteiger partial charge is 0.467 e. The van der Waals surface area contributed by atoms with Crippen LogP contribution in [0.15, 0.2) is 24.3 Å². The summed E-state index contributed by atoms with van der Waals surface area (Å²) in [7, 11) is 1.06. The van der Waals surface area contributed by atoms with Crippen LogP contribution in [0.1, 0.15) is 39.2 Å². The zero-order chi connectivity index (χ0) is 30.3. The number of hydroxylamine groups is 2. The summed E-state index contributed by atoms with van der Waals surface area (Å²) in [6, 6.07) is 5.78. The van der Waals surface area contributed by atoms with Crippen molar-refractivity contribution in [1.29, 1.82) is 0 Å². The molecule has 222 valence electrons. The average molecular weight is 581 g/mol. The summed E-state index contributed by atoms with van der Waals surface area (Å²) < 4.78 is 36.9. The summed E-state index contributed by atoms with van der Waals surface area (Å²) in [5.41, 5.74) is 0.439. The maximum Gasteiger partial charge on any atom is 0.534 e. The van der Waals surface area contributed by atoms with Crippen molar-refractivity contribution in [1.82, 2.24) is 5.06 Å². The molecule has 16 heteroatoms. The molecule has 0 unspecified atom stereocenters. The molecule has 3 rings (SSSR count). The molecule has 2 aliphatic rings. The molecule has 0 radical (unpaired) electrons.